The van der Waals surface area contributed by atoms with Gasteiger partial charge in [0.25, 0.3) is 0 Å². The SMILES string of the molecule is [2H]C([2H])([2H])C([2H])([2H])N1CCC(n2cc(-c3cnc(N)c(O[C@H](C)c4c(Cl)ccc(F)c4Cl)c3)cn2)CC1. The maximum absolute atomic E-state index is 14.0. The summed E-state index contributed by atoms with van der Waals surface area (Å²) in [5.74, 6) is -0.193. The average molecular weight is 483 g/mol. The quantitative estimate of drug-likeness (QED) is 0.451. The molecule has 3 aromatic rings. The first kappa shape index (κ1) is 17.2. The number of aromatic nitrogens is 3. The van der Waals surface area contributed by atoms with E-state index in [4.69, 9.17) is 40.5 Å². The predicted molar refractivity (Wildman–Crippen MR) is 126 cm³/mol. The number of likely N-dealkylation sites (tertiary alicyclic amines) is 1. The largest absolute Gasteiger partial charge is 0.482 e. The molecule has 0 unspecified atom stereocenters. The van der Waals surface area contributed by atoms with Gasteiger partial charge >= 0.3 is 0 Å². The summed E-state index contributed by atoms with van der Waals surface area (Å²) in [5.41, 5.74) is 7.78. The Bertz CT molecular complexity index is 1280. The van der Waals surface area contributed by atoms with E-state index >= 15 is 0 Å². The third-order valence-corrected chi connectivity index (χ3v) is 6.32. The van der Waals surface area contributed by atoms with E-state index in [0.717, 1.165) is 5.56 Å². The molecule has 0 radical (unpaired) electrons. The van der Waals surface area contributed by atoms with Crippen molar-refractivity contribution in [3.05, 3.63) is 58.2 Å². The van der Waals surface area contributed by atoms with E-state index in [-0.39, 0.29) is 27.7 Å². The first-order valence-corrected chi connectivity index (χ1v) is 10.9. The first-order valence-electron chi connectivity index (χ1n) is 12.6. The number of benzene rings is 1. The molecule has 1 aliphatic heterocycles. The van der Waals surface area contributed by atoms with Gasteiger partial charge in [0.15, 0.2) is 11.6 Å². The minimum absolute atomic E-state index is 0.00727. The number of pyridine rings is 1. The number of ether oxygens (including phenoxy) is 1. The van der Waals surface area contributed by atoms with Gasteiger partial charge in [-0.2, -0.15) is 5.10 Å². The topological polar surface area (TPSA) is 69.2 Å². The van der Waals surface area contributed by atoms with Crippen molar-refractivity contribution in [2.24, 2.45) is 0 Å². The average Bonchev–Trinajstić information content (AvgIpc) is 3.33. The van der Waals surface area contributed by atoms with Gasteiger partial charge in [0, 0.05) is 54.0 Å². The molecule has 4 rings (SSSR count). The lowest BCUT2D eigenvalue weighted by Gasteiger charge is -2.31. The van der Waals surface area contributed by atoms with Gasteiger partial charge in [0.1, 0.15) is 11.9 Å². The Hall–Kier alpha value is -2.35. The maximum atomic E-state index is 14.0. The number of hydrogen-bond acceptors (Lipinski definition) is 5. The number of anilines is 1. The van der Waals surface area contributed by atoms with E-state index in [1.54, 1.807) is 30.1 Å². The van der Waals surface area contributed by atoms with Crippen LogP contribution in [0.15, 0.2) is 36.8 Å². The van der Waals surface area contributed by atoms with Crippen LogP contribution >= 0.6 is 23.2 Å². The summed E-state index contributed by atoms with van der Waals surface area (Å²) in [5, 5.41) is 4.60. The highest BCUT2D eigenvalue weighted by atomic mass is 35.5. The summed E-state index contributed by atoms with van der Waals surface area (Å²) in [4.78, 5) is 5.59. The highest BCUT2D eigenvalue weighted by molar-refractivity contribution is 6.36. The van der Waals surface area contributed by atoms with E-state index in [9.17, 15) is 4.39 Å². The Morgan fingerprint density at radius 3 is 2.84 bits per heavy atom. The van der Waals surface area contributed by atoms with Gasteiger partial charge in [-0.25, -0.2) is 9.37 Å². The van der Waals surface area contributed by atoms with E-state index < -0.39 is 25.3 Å². The molecule has 1 atom stereocenters. The van der Waals surface area contributed by atoms with Crippen LogP contribution in [0.5, 0.6) is 5.75 Å². The second-order valence-corrected chi connectivity index (χ2v) is 8.45. The van der Waals surface area contributed by atoms with Crippen LogP contribution in [-0.2, 0) is 0 Å². The van der Waals surface area contributed by atoms with Crippen molar-refractivity contribution >= 4 is 29.0 Å². The molecule has 0 saturated carbocycles. The lowest BCUT2D eigenvalue weighted by atomic mass is 10.1. The molecule has 170 valence electrons. The van der Waals surface area contributed by atoms with Crippen LogP contribution in [0.1, 0.15) is 51.2 Å². The van der Waals surface area contributed by atoms with Gasteiger partial charge in [-0.3, -0.25) is 4.68 Å². The van der Waals surface area contributed by atoms with Crippen LogP contribution in [0.4, 0.5) is 10.2 Å². The summed E-state index contributed by atoms with van der Waals surface area (Å²) in [6.45, 7) is -2.82. The van der Waals surface area contributed by atoms with Crippen molar-refractivity contribution in [3.63, 3.8) is 0 Å². The Morgan fingerprint density at radius 1 is 1.31 bits per heavy atom. The summed E-state index contributed by atoms with van der Waals surface area (Å²) < 4.78 is 60.1. The van der Waals surface area contributed by atoms with Crippen LogP contribution in [0.2, 0.25) is 10.0 Å². The van der Waals surface area contributed by atoms with Gasteiger partial charge in [0.2, 0.25) is 0 Å². The number of nitrogen functional groups attached to an aromatic ring is 1. The molecule has 2 aromatic heterocycles. The summed E-state index contributed by atoms with van der Waals surface area (Å²) >= 11 is 12.3. The number of hydrogen-bond donors (Lipinski definition) is 1. The highest BCUT2D eigenvalue weighted by Crippen LogP contribution is 2.37. The van der Waals surface area contributed by atoms with Crippen molar-refractivity contribution in [1.82, 2.24) is 19.7 Å². The smallest absolute Gasteiger partial charge is 0.166 e. The summed E-state index contributed by atoms with van der Waals surface area (Å²) in [7, 11) is 0. The number of nitrogens with zero attached hydrogens (tertiary/aromatic N) is 4. The van der Waals surface area contributed by atoms with Crippen molar-refractivity contribution in [2.45, 2.75) is 38.8 Å². The van der Waals surface area contributed by atoms with Crippen molar-refractivity contribution in [2.75, 3.05) is 25.3 Å². The number of piperidine rings is 1. The molecule has 6 nitrogen and oxygen atoms in total. The fourth-order valence-electron chi connectivity index (χ4n) is 3.80. The second-order valence-electron chi connectivity index (χ2n) is 7.66. The molecule has 1 saturated heterocycles. The van der Waals surface area contributed by atoms with Gasteiger partial charge in [-0.15, -0.1) is 0 Å². The van der Waals surface area contributed by atoms with E-state index in [1.165, 1.54) is 17.0 Å². The Balaban J connectivity index is 1.49. The van der Waals surface area contributed by atoms with Crippen LogP contribution in [-0.4, -0.2) is 39.3 Å². The predicted octanol–water partition coefficient (Wildman–Crippen LogP) is 5.77. The maximum Gasteiger partial charge on any atom is 0.166 e. The van der Waals surface area contributed by atoms with Crippen molar-refractivity contribution < 1.29 is 16.0 Å². The van der Waals surface area contributed by atoms with Crippen LogP contribution in [0, 0.1) is 5.82 Å². The Labute approximate surface area is 204 Å². The van der Waals surface area contributed by atoms with E-state index in [1.807, 2.05) is 6.20 Å². The van der Waals surface area contributed by atoms with E-state index in [2.05, 4.69) is 10.1 Å². The number of halogens is 3. The van der Waals surface area contributed by atoms with Crippen LogP contribution < -0.4 is 10.5 Å². The zero-order chi connectivity index (χ0) is 27.1. The fraction of sp³-hybridized carbons (Fsp3) is 0.391. The van der Waals surface area contributed by atoms with Gasteiger partial charge in [0.05, 0.1) is 17.3 Å². The molecule has 32 heavy (non-hydrogen) atoms. The third-order valence-electron chi connectivity index (χ3n) is 5.60. The minimum Gasteiger partial charge on any atom is -0.482 e. The molecule has 0 spiro atoms. The molecular formula is C23H26Cl2FN5O. The van der Waals surface area contributed by atoms with Gasteiger partial charge in [-0.1, -0.05) is 30.1 Å². The number of nitrogens with two attached hydrogens (primary N) is 1. The molecule has 2 N–H and O–H groups in total. The monoisotopic (exact) mass is 482 g/mol. The molecule has 0 bridgehead atoms. The lowest BCUT2D eigenvalue weighted by Crippen LogP contribution is -2.34. The van der Waals surface area contributed by atoms with Crippen LogP contribution in [0.3, 0.4) is 0 Å². The standard InChI is InChI=1S/C23H26Cl2FN5O/c1-3-30-8-6-17(7-9-30)31-13-16(12-29-31)15-10-20(23(27)28-11-15)32-14(2)21-18(24)4-5-19(26)22(21)25/h4-5,10-14,17H,3,6-9H2,1-2H3,(H2,27,28)/t14-/m1/s1/i1D3,3D2. The van der Waals surface area contributed by atoms with Crippen molar-refractivity contribution in [1.29, 1.82) is 0 Å². The molecule has 9 heteroatoms. The molecule has 0 aliphatic carbocycles. The molecule has 3 heterocycles. The van der Waals surface area contributed by atoms with E-state index in [0.29, 0.717) is 37.1 Å². The van der Waals surface area contributed by atoms with Crippen LogP contribution in [0.25, 0.3) is 11.1 Å². The molecule has 1 fully saturated rings. The molecule has 1 aromatic carbocycles. The minimum atomic E-state index is -2.72. The Morgan fingerprint density at radius 2 is 2.09 bits per heavy atom. The first-order chi connectivity index (χ1) is 17.3. The zero-order valence-electron chi connectivity index (χ0n) is 22.4. The molecule has 1 aliphatic rings. The molecule has 0 amide bonds. The van der Waals surface area contributed by atoms with Gasteiger partial charge < -0.3 is 15.4 Å². The summed E-state index contributed by atoms with van der Waals surface area (Å²) in [6, 6.07) is 4.29. The normalized spacial score (nSPS) is 19.4. The van der Waals surface area contributed by atoms with Crippen molar-refractivity contribution in [3.8, 4) is 16.9 Å². The third kappa shape index (κ3) is 4.70. The number of rotatable bonds is 6. The molecular weight excluding hydrogens is 452 g/mol. The van der Waals surface area contributed by atoms with Gasteiger partial charge in [-0.05, 0) is 44.5 Å². The zero-order valence-corrected chi connectivity index (χ0v) is 18.9. The highest BCUT2D eigenvalue weighted by Gasteiger charge is 2.22. The summed E-state index contributed by atoms with van der Waals surface area (Å²) in [6.07, 6.45) is 5.51. The Kier molecular flexibility index (Phi) is 5.18. The lowest BCUT2D eigenvalue weighted by molar-refractivity contribution is 0.187. The fourth-order valence-corrected chi connectivity index (χ4v) is 4.48. The second kappa shape index (κ2) is 9.65.